The summed E-state index contributed by atoms with van der Waals surface area (Å²) in [6.45, 7) is 0. The molecule has 0 amide bonds. The molecule has 7 heteroatoms. The van der Waals surface area contributed by atoms with Gasteiger partial charge in [-0.3, -0.25) is 4.79 Å². The van der Waals surface area contributed by atoms with Crippen LogP contribution in [-0.4, -0.2) is 16.1 Å². The third-order valence-corrected chi connectivity index (χ3v) is 3.35. The van der Waals surface area contributed by atoms with Gasteiger partial charge in [0.05, 0.1) is 17.8 Å². The number of halogens is 2. The Morgan fingerprint density at radius 2 is 2.33 bits per heavy atom. The molecule has 2 aromatic rings. The molecule has 0 aliphatic rings. The molecule has 0 bridgehead atoms. The Hall–Kier alpha value is -1.47. The molecule has 0 saturated heterocycles. The molecule has 2 rings (SSSR count). The molecule has 0 unspecified atom stereocenters. The summed E-state index contributed by atoms with van der Waals surface area (Å²) in [4.78, 5) is 14.6. The second-order valence-corrected chi connectivity index (χ2v) is 5.24. The van der Waals surface area contributed by atoms with Crippen LogP contribution >= 0.6 is 27.3 Å². The van der Waals surface area contributed by atoms with Crippen LogP contribution in [0.25, 0.3) is 0 Å². The topological polar surface area (TPSA) is 62.2 Å². The van der Waals surface area contributed by atoms with E-state index in [1.165, 1.54) is 17.4 Å². The molecular formula is C11H8BrFN2O2S. The van der Waals surface area contributed by atoms with Gasteiger partial charge in [0.25, 0.3) is 0 Å². The summed E-state index contributed by atoms with van der Waals surface area (Å²) >= 11 is 4.48. The standard InChI is InChI=1S/C11H8BrFN2O2S/c12-6-1-2-8(13)9(3-6)15-11-14-7(5-18-11)4-10(16)17/h1-3,5H,4H2,(H,14,15)(H,16,17). The average molecular weight is 331 g/mol. The lowest BCUT2D eigenvalue weighted by molar-refractivity contribution is -0.136. The summed E-state index contributed by atoms with van der Waals surface area (Å²) in [6.07, 6.45) is -0.140. The van der Waals surface area contributed by atoms with Crippen molar-refractivity contribution in [1.82, 2.24) is 4.98 Å². The Morgan fingerprint density at radius 3 is 3.06 bits per heavy atom. The number of aliphatic carboxylic acids is 1. The number of carboxylic acids is 1. The van der Waals surface area contributed by atoms with Crippen molar-refractivity contribution < 1.29 is 14.3 Å². The fourth-order valence-electron chi connectivity index (χ4n) is 1.31. The zero-order valence-electron chi connectivity index (χ0n) is 8.98. The maximum atomic E-state index is 13.5. The summed E-state index contributed by atoms with van der Waals surface area (Å²) < 4.78 is 14.2. The van der Waals surface area contributed by atoms with Crippen LogP contribution in [0.4, 0.5) is 15.2 Å². The van der Waals surface area contributed by atoms with E-state index >= 15 is 0 Å². The van der Waals surface area contributed by atoms with Gasteiger partial charge in [0, 0.05) is 9.85 Å². The molecule has 94 valence electrons. The number of hydrogen-bond donors (Lipinski definition) is 2. The van der Waals surface area contributed by atoms with Crippen LogP contribution in [0.5, 0.6) is 0 Å². The van der Waals surface area contributed by atoms with E-state index in [4.69, 9.17) is 5.11 Å². The van der Waals surface area contributed by atoms with Gasteiger partial charge < -0.3 is 10.4 Å². The minimum Gasteiger partial charge on any atom is -0.481 e. The molecule has 0 spiro atoms. The van der Waals surface area contributed by atoms with Crippen molar-refractivity contribution in [2.75, 3.05) is 5.32 Å². The zero-order valence-corrected chi connectivity index (χ0v) is 11.4. The molecular weight excluding hydrogens is 323 g/mol. The van der Waals surface area contributed by atoms with Crippen molar-refractivity contribution in [2.24, 2.45) is 0 Å². The smallest absolute Gasteiger partial charge is 0.309 e. The summed E-state index contributed by atoms with van der Waals surface area (Å²) in [5, 5.41) is 13.5. The molecule has 1 heterocycles. The fraction of sp³-hybridized carbons (Fsp3) is 0.0909. The first-order valence-corrected chi connectivity index (χ1v) is 6.60. The lowest BCUT2D eigenvalue weighted by Gasteiger charge is -2.04. The van der Waals surface area contributed by atoms with Crippen LogP contribution in [0, 0.1) is 5.82 Å². The molecule has 0 atom stereocenters. The van der Waals surface area contributed by atoms with Crippen molar-refractivity contribution in [3.63, 3.8) is 0 Å². The van der Waals surface area contributed by atoms with E-state index in [9.17, 15) is 9.18 Å². The second-order valence-electron chi connectivity index (χ2n) is 3.46. The van der Waals surface area contributed by atoms with Crippen LogP contribution in [0.3, 0.4) is 0 Å². The van der Waals surface area contributed by atoms with Crippen molar-refractivity contribution in [3.05, 3.63) is 39.6 Å². The Kier molecular flexibility index (Phi) is 3.93. The Morgan fingerprint density at radius 1 is 1.56 bits per heavy atom. The number of thiazole rings is 1. The fourth-order valence-corrected chi connectivity index (χ4v) is 2.39. The molecule has 0 fully saturated rings. The highest BCUT2D eigenvalue weighted by atomic mass is 79.9. The predicted molar refractivity (Wildman–Crippen MR) is 70.8 cm³/mol. The molecule has 0 aliphatic heterocycles. The number of benzene rings is 1. The highest BCUT2D eigenvalue weighted by Crippen LogP contribution is 2.25. The average Bonchev–Trinajstić information content (AvgIpc) is 2.70. The first-order valence-electron chi connectivity index (χ1n) is 4.93. The molecule has 0 aliphatic carbocycles. The summed E-state index contributed by atoms with van der Waals surface area (Å²) in [7, 11) is 0. The van der Waals surface area contributed by atoms with Gasteiger partial charge in [0.1, 0.15) is 5.82 Å². The summed E-state index contributed by atoms with van der Waals surface area (Å²) in [6, 6.07) is 4.52. The van der Waals surface area contributed by atoms with Crippen LogP contribution < -0.4 is 5.32 Å². The van der Waals surface area contributed by atoms with Gasteiger partial charge in [0.2, 0.25) is 0 Å². The van der Waals surface area contributed by atoms with E-state index in [1.807, 2.05) is 0 Å². The second kappa shape index (κ2) is 5.45. The van der Waals surface area contributed by atoms with E-state index < -0.39 is 11.8 Å². The highest BCUT2D eigenvalue weighted by molar-refractivity contribution is 9.10. The third-order valence-electron chi connectivity index (χ3n) is 2.05. The zero-order chi connectivity index (χ0) is 13.1. The van der Waals surface area contributed by atoms with Crippen LogP contribution in [-0.2, 0) is 11.2 Å². The Labute approximate surface area is 115 Å². The van der Waals surface area contributed by atoms with Crippen molar-refractivity contribution in [3.8, 4) is 0 Å². The van der Waals surface area contributed by atoms with Gasteiger partial charge in [-0.05, 0) is 18.2 Å². The quantitative estimate of drug-likeness (QED) is 0.901. The van der Waals surface area contributed by atoms with E-state index in [0.29, 0.717) is 16.5 Å². The lowest BCUT2D eigenvalue weighted by atomic mass is 10.3. The van der Waals surface area contributed by atoms with Crippen LogP contribution in [0.2, 0.25) is 0 Å². The highest BCUT2D eigenvalue weighted by Gasteiger charge is 2.08. The molecule has 0 radical (unpaired) electrons. The number of hydrogen-bond acceptors (Lipinski definition) is 4. The van der Waals surface area contributed by atoms with E-state index in [0.717, 1.165) is 4.47 Å². The Bertz CT molecular complexity index is 588. The van der Waals surface area contributed by atoms with Crippen LogP contribution in [0.15, 0.2) is 28.1 Å². The molecule has 2 N–H and O–H groups in total. The van der Waals surface area contributed by atoms with Crippen molar-refractivity contribution in [1.29, 1.82) is 0 Å². The summed E-state index contributed by atoms with van der Waals surface area (Å²) in [5.41, 5.74) is 0.742. The maximum Gasteiger partial charge on any atom is 0.309 e. The Balaban J connectivity index is 2.16. The van der Waals surface area contributed by atoms with E-state index in [-0.39, 0.29) is 6.42 Å². The largest absolute Gasteiger partial charge is 0.481 e. The van der Waals surface area contributed by atoms with Gasteiger partial charge in [-0.1, -0.05) is 15.9 Å². The van der Waals surface area contributed by atoms with Gasteiger partial charge in [-0.15, -0.1) is 11.3 Å². The number of nitrogens with one attached hydrogen (secondary N) is 1. The van der Waals surface area contributed by atoms with Crippen molar-refractivity contribution in [2.45, 2.75) is 6.42 Å². The first-order chi connectivity index (χ1) is 8.54. The lowest BCUT2D eigenvalue weighted by Crippen LogP contribution is -2.00. The number of carboxylic acid groups (broad SMARTS) is 1. The van der Waals surface area contributed by atoms with Gasteiger partial charge >= 0.3 is 5.97 Å². The minimum absolute atomic E-state index is 0.140. The molecule has 18 heavy (non-hydrogen) atoms. The van der Waals surface area contributed by atoms with Crippen LogP contribution in [0.1, 0.15) is 5.69 Å². The van der Waals surface area contributed by atoms with Gasteiger partial charge in [-0.2, -0.15) is 0 Å². The molecule has 0 saturated carbocycles. The minimum atomic E-state index is -0.944. The number of carbonyl (C=O) groups is 1. The predicted octanol–water partition coefficient (Wildman–Crippen LogP) is 3.42. The monoisotopic (exact) mass is 330 g/mol. The molecule has 1 aromatic carbocycles. The number of rotatable bonds is 4. The third kappa shape index (κ3) is 3.27. The maximum absolute atomic E-state index is 13.5. The van der Waals surface area contributed by atoms with Crippen molar-refractivity contribution >= 4 is 44.1 Å². The molecule has 4 nitrogen and oxygen atoms in total. The van der Waals surface area contributed by atoms with Gasteiger partial charge in [-0.25, -0.2) is 9.37 Å². The van der Waals surface area contributed by atoms with Gasteiger partial charge in [0.15, 0.2) is 5.13 Å². The summed E-state index contributed by atoms with van der Waals surface area (Å²) in [5.74, 6) is -1.34. The van der Waals surface area contributed by atoms with E-state index in [1.54, 1.807) is 17.5 Å². The SMILES string of the molecule is O=C(O)Cc1csc(Nc2cc(Br)ccc2F)n1. The van der Waals surface area contributed by atoms with E-state index in [2.05, 4.69) is 26.2 Å². The first kappa shape index (κ1) is 13.0. The molecule has 1 aromatic heterocycles. The number of aromatic nitrogens is 1. The number of nitrogens with zero attached hydrogens (tertiary/aromatic N) is 1. The normalized spacial score (nSPS) is 10.3. The number of anilines is 2.